The van der Waals surface area contributed by atoms with Crippen molar-refractivity contribution in [1.29, 1.82) is 0 Å². The Kier molecular flexibility index (Phi) is 3.62. The van der Waals surface area contributed by atoms with Gasteiger partial charge in [0.15, 0.2) is 0 Å². The molecule has 0 saturated heterocycles. The van der Waals surface area contributed by atoms with Crippen molar-refractivity contribution in [2.45, 2.75) is 0 Å². The molecule has 2 heterocycles. The molecule has 8 heteroatoms. The lowest BCUT2D eigenvalue weighted by atomic mass is 9.95. The van der Waals surface area contributed by atoms with Gasteiger partial charge in [0.1, 0.15) is 11.6 Å². The van der Waals surface area contributed by atoms with Crippen molar-refractivity contribution in [3.8, 4) is 16.9 Å². The van der Waals surface area contributed by atoms with Crippen LogP contribution in [0.5, 0.6) is 5.75 Å². The molecule has 27 heavy (non-hydrogen) atoms. The van der Waals surface area contributed by atoms with Crippen LogP contribution in [0.1, 0.15) is 10.4 Å². The van der Waals surface area contributed by atoms with Crippen molar-refractivity contribution in [1.82, 2.24) is 14.5 Å². The summed E-state index contributed by atoms with van der Waals surface area (Å²) in [5, 5.41) is 11.2. The summed E-state index contributed by atoms with van der Waals surface area (Å²) in [5.41, 5.74) is 14.6. The van der Waals surface area contributed by atoms with E-state index in [9.17, 15) is 9.90 Å². The third kappa shape index (κ3) is 2.50. The fourth-order valence-electron chi connectivity index (χ4n) is 3.43. The maximum absolute atomic E-state index is 11.9. The number of hydrogen-bond acceptors (Lipinski definition) is 6. The van der Waals surface area contributed by atoms with Crippen LogP contribution < -0.4 is 16.2 Å². The number of ether oxygens (including phenoxy) is 1. The van der Waals surface area contributed by atoms with Crippen molar-refractivity contribution in [2.75, 3.05) is 18.6 Å². The maximum atomic E-state index is 11.9. The second-order valence-electron chi connectivity index (χ2n) is 6.19. The van der Waals surface area contributed by atoms with E-state index in [0.717, 1.165) is 10.9 Å². The topological polar surface area (TPSA) is 129 Å². The molecule has 8 nitrogen and oxygen atoms in total. The molecular weight excluding hydrogens is 346 g/mol. The summed E-state index contributed by atoms with van der Waals surface area (Å²) in [4.78, 5) is 20.2. The van der Waals surface area contributed by atoms with Gasteiger partial charge in [-0.25, -0.2) is 9.78 Å². The van der Waals surface area contributed by atoms with Crippen LogP contribution in [0.4, 0.5) is 11.8 Å². The molecule has 5 N–H and O–H groups in total. The van der Waals surface area contributed by atoms with Gasteiger partial charge >= 0.3 is 5.97 Å². The zero-order valence-corrected chi connectivity index (χ0v) is 14.7. The number of anilines is 2. The molecule has 0 amide bonds. The summed E-state index contributed by atoms with van der Waals surface area (Å²) >= 11 is 0. The van der Waals surface area contributed by atoms with Crippen molar-refractivity contribution in [3.05, 3.63) is 42.1 Å². The molecule has 136 valence electrons. The number of aromatic carboxylic acids is 1. The van der Waals surface area contributed by atoms with Gasteiger partial charge in [-0.15, -0.1) is 0 Å². The SMILES string of the molecule is COc1ccc(-c2cc3nc(N)nc(N)c3c3ccn(C)c23)c(C(=O)O)c1. The molecule has 4 aromatic rings. The Hall–Kier alpha value is -3.81. The third-order valence-corrected chi connectivity index (χ3v) is 4.61. The summed E-state index contributed by atoms with van der Waals surface area (Å²) < 4.78 is 7.08. The Balaban J connectivity index is 2.16. The molecule has 0 aliphatic rings. The van der Waals surface area contributed by atoms with Gasteiger partial charge in [0.2, 0.25) is 5.95 Å². The van der Waals surface area contributed by atoms with E-state index in [4.69, 9.17) is 16.2 Å². The van der Waals surface area contributed by atoms with E-state index in [1.807, 2.05) is 23.9 Å². The third-order valence-electron chi connectivity index (χ3n) is 4.61. The Morgan fingerprint density at radius 1 is 1.15 bits per heavy atom. The molecule has 2 aromatic carbocycles. The molecule has 0 spiro atoms. The summed E-state index contributed by atoms with van der Waals surface area (Å²) in [5.74, 6) is -0.230. The number of hydrogen-bond donors (Lipinski definition) is 3. The number of carboxylic acid groups (broad SMARTS) is 1. The standard InChI is InChI=1S/C19H17N5O3/c1-24-6-5-11-15-14(22-19(21)23-17(15)20)8-12(16(11)24)10-4-3-9(27-2)7-13(10)18(25)26/h3-8H,1-2H3,(H,25,26)(H4,20,21,22,23). The Bertz CT molecular complexity index is 1230. The first-order valence-electron chi connectivity index (χ1n) is 8.13. The molecule has 0 saturated carbocycles. The molecule has 0 aliphatic carbocycles. The number of benzene rings is 2. The Labute approximate surface area is 154 Å². The molecule has 0 radical (unpaired) electrons. The molecule has 0 aliphatic heterocycles. The van der Waals surface area contributed by atoms with E-state index in [0.29, 0.717) is 27.8 Å². The van der Waals surface area contributed by atoms with Gasteiger partial charge in [-0.05, 0) is 35.9 Å². The number of nitrogens with zero attached hydrogens (tertiary/aromatic N) is 3. The van der Waals surface area contributed by atoms with Crippen LogP contribution in [0.2, 0.25) is 0 Å². The van der Waals surface area contributed by atoms with Crippen LogP contribution in [0.15, 0.2) is 36.5 Å². The quantitative estimate of drug-likeness (QED) is 0.510. The Morgan fingerprint density at radius 3 is 2.63 bits per heavy atom. The number of methoxy groups -OCH3 is 1. The maximum Gasteiger partial charge on any atom is 0.336 e. The van der Waals surface area contributed by atoms with Crippen molar-refractivity contribution in [2.24, 2.45) is 7.05 Å². The van der Waals surface area contributed by atoms with Gasteiger partial charge in [0, 0.05) is 24.2 Å². The van der Waals surface area contributed by atoms with E-state index in [2.05, 4.69) is 9.97 Å². The van der Waals surface area contributed by atoms with Crippen LogP contribution in [-0.2, 0) is 7.05 Å². The van der Waals surface area contributed by atoms with Gasteiger partial charge < -0.3 is 25.9 Å². The van der Waals surface area contributed by atoms with E-state index < -0.39 is 5.97 Å². The van der Waals surface area contributed by atoms with Crippen molar-refractivity contribution < 1.29 is 14.6 Å². The molecule has 0 unspecified atom stereocenters. The van der Waals surface area contributed by atoms with E-state index in [1.54, 1.807) is 18.2 Å². The first-order valence-corrected chi connectivity index (χ1v) is 8.13. The number of aryl methyl sites for hydroxylation is 1. The number of aromatic nitrogens is 3. The zero-order valence-electron chi connectivity index (χ0n) is 14.7. The van der Waals surface area contributed by atoms with E-state index in [-0.39, 0.29) is 17.3 Å². The molecular formula is C19H17N5O3. The summed E-state index contributed by atoms with van der Waals surface area (Å²) in [7, 11) is 3.38. The van der Waals surface area contributed by atoms with Crippen molar-refractivity contribution in [3.63, 3.8) is 0 Å². The first-order chi connectivity index (χ1) is 12.9. The fourth-order valence-corrected chi connectivity index (χ4v) is 3.43. The molecule has 4 rings (SSSR count). The van der Waals surface area contributed by atoms with Crippen LogP contribution in [0.25, 0.3) is 32.9 Å². The monoisotopic (exact) mass is 363 g/mol. The second-order valence-corrected chi connectivity index (χ2v) is 6.19. The van der Waals surface area contributed by atoms with Crippen LogP contribution >= 0.6 is 0 Å². The highest BCUT2D eigenvalue weighted by Gasteiger charge is 2.20. The minimum Gasteiger partial charge on any atom is -0.497 e. The van der Waals surface area contributed by atoms with Gasteiger partial charge in [-0.3, -0.25) is 0 Å². The van der Waals surface area contributed by atoms with Gasteiger partial charge in [-0.1, -0.05) is 0 Å². The highest BCUT2D eigenvalue weighted by atomic mass is 16.5. The van der Waals surface area contributed by atoms with Gasteiger partial charge in [-0.2, -0.15) is 4.98 Å². The zero-order chi connectivity index (χ0) is 19.3. The lowest BCUT2D eigenvalue weighted by Gasteiger charge is -2.13. The van der Waals surface area contributed by atoms with Crippen LogP contribution in [0.3, 0.4) is 0 Å². The predicted octanol–water partition coefficient (Wildman–Crippen LogP) is 2.66. The van der Waals surface area contributed by atoms with E-state index in [1.165, 1.54) is 13.2 Å². The number of fused-ring (bicyclic) bond motifs is 3. The lowest BCUT2D eigenvalue weighted by Crippen LogP contribution is -2.04. The predicted molar refractivity (Wildman–Crippen MR) is 104 cm³/mol. The normalized spacial score (nSPS) is 11.2. The molecule has 0 fully saturated rings. The summed E-state index contributed by atoms with van der Waals surface area (Å²) in [6.07, 6.45) is 1.88. The van der Waals surface area contributed by atoms with Crippen LogP contribution in [0, 0.1) is 0 Å². The number of nitrogen functional groups attached to an aromatic ring is 2. The summed E-state index contributed by atoms with van der Waals surface area (Å²) in [6.45, 7) is 0. The molecule has 0 bridgehead atoms. The molecule has 2 aromatic heterocycles. The van der Waals surface area contributed by atoms with Crippen LogP contribution in [-0.4, -0.2) is 32.7 Å². The van der Waals surface area contributed by atoms with Gasteiger partial charge in [0.05, 0.1) is 29.1 Å². The Morgan fingerprint density at radius 2 is 1.93 bits per heavy atom. The fraction of sp³-hybridized carbons (Fsp3) is 0.105. The average Bonchev–Trinajstić information content (AvgIpc) is 3.01. The number of carbonyl (C=O) groups is 1. The minimum atomic E-state index is -1.05. The minimum absolute atomic E-state index is 0.0643. The highest BCUT2D eigenvalue weighted by Crippen LogP contribution is 2.38. The van der Waals surface area contributed by atoms with E-state index >= 15 is 0 Å². The highest BCUT2D eigenvalue weighted by molar-refractivity contribution is 6.16. The smallest absolute Gasteiger partial charge is 0.336 e. The first kappa shape index (κ1) is 16.6. The second kappa shape index (κ2) is 5.87. The lowest BCUT2D eigenvalue weighted by molar-refractivity contribution is 0.0697. The largest absolute Gasteiger partial charge is 0.497 e. The average molecular weight is 363 g/mol. The number of rotatable bonds is 3. The number of carboxylic acids is 1. The molecule has 0 atom stereocenters. The van der Waals surface area contributed by atoms with Crippen molar-refractivity contribution >= 4 is 39.5 Å². The summed E-state index contributed by atoms with van der Waals surface area (Å²) in [6, 6.07) is 8.65. The number of nitrogens with two attached hydrogens (primary N) is 2. The van der Waals surface area contributed by atoms with Gasteiger partial charge in [0.25, 0.3) is 0 Å².